The second-order valence-corrected chi connectivity index (χ2v) is 44.3. The lowest BCUT2D eigenvalue weighted by Crippen LogP contribution is -2.72. The van der Waals surface area contributed by atoms with Crippen LogP contribution in [0.1, 0.15) is 199 Å². The van der Waals surface area contributed by atoms with E-state index in [0.717, 1.165) is 187 Å². The molecular weight excluding hydrogens is 1780 g/mol. The number of ether oxygens (including phenoxy) is 2. The molecule has 10 saturated heterocycles. The van der Waals surface area contributed by atoms with Crippen LogP contribution in [0.3, 0.4) is 0 Å². The van der Waals surface area contributed by atoms with Crippen molar-refractivity contribution in [3.63, 3.8) is 0 Å². The molecule has 1 saturated carbocycles. The number of benzene rings is 7. The van der Waals surface area contributed by atoms with E-state index in [0.29, 0.717) is 93.3 Å². The summed E-state index contributed by atoms with van der Waals surface area (Å²) >= 11 is 0. The van der Waals surface area contributed by atoms with Crippen LogP contribution < -0.4 is 29.1 Å². The van der Waals surface area contributed by atoms with E-state index in [4.69, 9.17) is 14.3 Å². The number of halogens is 14. The van der Waals surface area contributed by atoms with Crippen molar-refractivity contribution >= 4 is 22.7 Å². The second-order valence-electron chi connectivity index (χ2n) is 44.3. The molecule has 0 aromatic heterocycles. The van der Waals surface area contributed by atoms with E-state index >= 15 is 0 Å². The van der Waals surface area contributed by atoms with Gasteiger partial charge in [-0.2, -0.15) is 5.06 Å². The first-order valence-corrected chi connectivity index (χ1v) is 50.0. The molecule has 0 bridgehead atoms. The first-order valence-electron chi connectivity index (χ1n) is 50.0. The maximum Gasteiger partial charge on any atom is 0.132 e. The number of hydrogen-bond donors (Lipinski definition) is 0. The second kappa shape index (κ2) is 46.0. The molecule has 10 heterocycles. The van der Waals surface area contributed by atoms with Gasteiger partial charge in [0.05, 0.1) is 12.7 Å². The van der Waals surface area contributed by atoms with Gasteiger partial charge in [-0.05, 0) is 297 Å². The highest BCUT2D eigenvalue weighted by molar-refractivity contribution is 5.55. The van der Waals surface area contributed by atoms with Gasteiger partial charge in [0, 0.05) is 250 Å². The first-order chi connectivity index (χ1) is 64.5. The van der Waals surface area contributed by atoms with Crippen molar-refractivity contribution < 1.29 is 75.8 Å². The molecular formula is C110H152F14N10O3. The Bertz CT molecular complexity index is 4950. The highest BCUT2D eigenvalue weighted by Gasteiger charge is 2.54. The summed E-state index contributed by atoms with van der Waals surface area (Å²) in [6.07, 6.45) is 11.3. The number of likely N-dealkylation sites (tertiary alicyclic amines) is 5. The molecule has 27 heteroatoms. The summed E-state index contributed by atoms with van der Waals surface area (Å²) in [5.74, 6) is -2.78. The lowest BCUT2D eigenvalue weighted by molar-refractivity contribution is -0.273. The Morgan fingerprint density at radius 2 is 0.664 bits per heavy atom. The van der Waals surface area contributed by atoms with Gasteiger partial charge in [-0.1, -0.05) is 27.7 Å². The standard InChI is InChI=1S/C18H26F2N2.2C16H22F2N2.C16H22F2O.C15H20F2N2O.C15H21F2N.C14H19F2NO/c1-13(2)10-21-6-4-18(11-21)5-7-22(12-18)15-8-16(19)14(3)17(20)9-15;1-11(2)20-9-16(10-20)4-5-19(8-16)13-6-14(17)12(3)15(18)7-13;1-11(2)19-5-4-16(8-19)9-20(10-16)13-6-14(17)12(3)15(18)7-13;1-10(2)4-12-5-13(6-12)9-19-14-7-15(17)11(3)16(18)8-14;1-10(2)20-19-8-15(9-19)6-18(7-15)12-4-13(16)11(3)14(17)5-12;1-10(2)18-5-4-12(9-18)6-13-7-14(16)11(3)15(17)8-13;1-9(2)17-5-4-11(8-17)18-12-6-13(15)10(3)14(16)7-12/h8-9,13H,4-7,10-12H2,1-3H3;2*6-7,11H,4-5,8-10H2,1-3H3;7-8,10,12-13H,4-6,9H2,1-3H3;4-5,10H,6-9H2,1-3H3;7-8,10,12H,4-6,9H2,1-3H3;6-7,9,11H,4-5,8H2,1-3H3. The molecule has 1 aliphatic carbocycles. The molecule has 3 unspecified atom stereocenters. The summed E-state index contributed by atoms with van der Waals surface area (Å²) in [6.45, 7) is 62.1. The van der Waals surface area contributed by atoms with E-state index in [9.17, 15) is 61.5 Å². The largest absolute Gasteiger partial charge is 0.493 e. The third kappa shape index (κ3) is 27.7. The Balaban J connectivity index is 0.000000144. The Morgan fingerprint density at radius 1 is 0.314 bits per heavy atom. The summed E-state index contributed by atoms with van der Waals surface area (Å²) in [6, 6.07) is 21.9. The molecule has 18 rings (SSSR count). The smallest absolute Gasteiger partial charge is 0.132 e. The molecule has 0 amide bonds. The van der Waals surface area contributed by atoms with Crippen LogP contribution in [0.5, 0.6) is 11.5 Å². The van der Waals surface area contributed by atoms with Crippen molar-refractivity contribution in [3.05, 3.63) is 211 Å². The molecule has 11 aliphatic rings. The number of rotatable bonds is 21. The van der Waals surface area contributed by atoms with E-state index in [2.05, 4.69) is 122 Å². The van der Waals surface area contributed by atoms with Gasteiger partial charge in [0.2, 0.25) is 0 Å². The highest BCUT2D eigenvalue weighted by Crippen LogP contribution is 2.48. The van der Waals surface area contributed by atoms with Crippen LogP contribution in [-0.4, -0.2) is 210 Å². The Labute approximate surface area is 807 Å². The molecule has 0 N–H and O–H groups in total. The molecule has 7 aromatic rings. The summed E-state index contributed by atoms with van der Waals surface area (Å²) in [5.41, 5.74) is 5.33. The highest BCUT2D eigenvalue weighted by atomic mass is 19.2. The van der Waals surface area contributed by atoms with Crippen molar-refractivity contribution in [2.24, 2.45) is 51.2 Å². The van der Waals surface area contributed by atoms with Gasteiger partial charge < -0.3 is 43.8 Å². The lowest BCUT2D eigenvalue weighted by atomic mass is 9.72. The summed E-state index contributed by atoms with van der Waals surface area (Å²) in [5, 5.41) is 1.97. The number of nitrogens with zero attached hydrogens (tertiary/aromatic N) is 10. The predicted octanol–water partition coefficient (Wildman–Crippen LogP) is 24.4. The predicted molar refractivity (Wildman–Crippen MR) is 523 cm³/mol. The molecule has 3 atom stereocenters. The molecule has 10 aliphatic heterocycles. The maximum atomic E-state index is 13.8. The fourth-order valence-electron chi connectivity index (χ4n) is 21.5. The number of hydroxylamine groups is 2. The van der Waals surface area contributed by atoms with E-state index < -0.39 is 81.4 Å². The third-order valence-electron chi connectivity index (χ3n) is 30.3. The third-order valence-corrected chi connectivity index (χ3v) is 30.3. The van der Waals surface area contributed by atoms with Gasteiger partial charge in [0.15, 0.2) is 0 Å². The fraction of sp³-hybridized carbons (Fsp3) is 0.618. The van der Waals surface area contributed by atoms with Crippen molar-refractivity contribution in [3.8, 4) is 11.5 Å². The average molecular weight is 1930 g/mol. The van der Waals surface area contributed by atoms with Crippen LogP contribution in [0.25, 0.3) is 0 Å². The van der Waals surface area contributed by atoms with Crippen LogP contribution >= 0.6 is 0 Å². The van der Waals surface area contributed by atoms with Gasteiger partial charge in [-0.15, -0.1) is 0 Å². The zero-order valence-corrected chi connectivity index (χ0v) is 85.0. The molecule has 4 spiro atoms. The van der Waals surface area contributed by atoms with Crippen molar-refractivity contribution in [1.29, 1.82) is 0 Å². The lowest BCUT2D eigenvalue weighted by Gasteiger charge is -2.60. The van der Waals surface area contributed by atoms with Gasteiger partial charge >= 0.3 is 0 Å². The van der Waals surface area contributed by atoms with Crippen LogP contribution in [0.15, 0.2) is 84.9 Å². The topological polar surface area (TPSA) is 60.1 Å². The number of anilines is 4. The van der Waals surface area contributed by atoms with E-state index in [1.165, 1.54) is 165 Å². The fourth-order valence-corrected chi connectivity index (χ4v) is 21.5. The van der Waals surface area contributed by atoms with Crippen LogP contribution in [0, 0.1) is 181 Å². The molecule has 7 aromatic carbocycles. The van der Waals surface area contributed by atoms with Crippen LogP contribution in [0.2, 0.25) is 0 Å². The van der Waals surface area contributed by atoms with Crippen LogP contribution in [0.4, 0.5) is 84.2 Å². The minimum atomic E-state index is -0.552. The summed E-state index contributed by atoms with van der Waals surface area (Å²) in [7, 11) is 0. The van der Waals surface area contributed by atoms with E-state index in [-0.39, 0.29) is 62.3 Å². The molecule has 0 radical (unpaired) electrons. The van der Waals surface area contributed by atoms with Gasteiger partial charge in [-0.25, -0.2) is 61.5 Å². The number of hydrogen-bond acceptors (Lipinski definition) is 13. The molecule has 13 nitrogen and oxygen atoms in total. The van der Waals surface area contributed by atoms with E-state index in [1.807, 2.05) is 23.8 Å². The Hall–Kier alpha value is -7.92. The van der Waals surface area contributed by atoms with Gasteiger partial charge in [-0.3, -0.25) is 14.6 Å². The van der Waals surface area contributed by atoms with Crippen molar-refractivity contribution in [1.82, 2.24) is 29.6 Å². The summed E-state index contributed by atoms with van der Waals surface area (Å²) < 4.78 is 201. The van der Waals surface area contributed by atoms with Crippen molar-refractivity contribution in [2.45, 2.75) is 246 Å². The molecule has 11 fully saturated rings. The quantitative estimate of drug-likeness (QED) is 0.0643. The Kier molecular flexibility index (Phi) is 36.2. The zero-order chi connectivity index (χ0) is 99.9. The normalized spacial score (nSPS) is 22.2. The van der Waals surface area contributed by atoms with Gasteiger partial charge in [0.25, 0.3) is 0 Å². The van der Waals surface area contributed by atoms with Crippen LogP contribution in [-0.2, 0) is 11.3 Å². The minimum Gasteiger partial charge on any atom is -0.493 e. The Morgan fingerprint density at radius 3 is 1.07 bits per heavy atom. The monoisotopic (exact) mass is 1930 g/mol. The summed E-state index contributed by atoms with van der Waals surface area (Å²) in [4.78, 5) is 26.2. The first kappa shape index (κ1) is 108. The molecule has 137 heavy (non-hydrogen) atoms. The zero-order valence-electron chi connectivity index (χ0n) is 85.0. The van der Waals surface area contributed by atoms with Crippen molar-refractivity contribution in [2.75, 3.05) is 164 Å². The van der Waals surface area contributed by atoms with Gasteiger partial charge in [0.1, 0.15) is 99.0 Å². The SMILES string of the molecule is Cc1c(F)cc(CC2CCN(C(C)C)C2)cc1F.Cc1c(F)cc(N2CC3(CCN(C(C)C)C3)C2)cc1F.Cc1c(F)cc(N2CC3(CN(OC(C)C)C3)C2)cc1F.Cc1c(F)cc(N2CCC3(C2)CN(C(C)C)C3)cc1F.Cc1c(F)cc(N2CCC3(CCN(CC(C)C)C3)C2)cc1F.Cc1c(F)cc(OC2CCN(C(C)C)C2)cc1F.Cc1c(F)cc(OCC2CC(CC(C)C)C2)cc1F. The van der Waals surface area contributed by atoms with E-state index in [1.54, 1.807) is 0 Å². The average Bonchev–Trinajstić information content (AvgIpc) is 1.63. The minimum absolute atomic E-state index is 0.0221. The maximum absolute atomic E-state index is 13.8. The molecule has 758 valence electrons.